The fourth-order valence-electron chi connectivity index (χ4n) is 3.51. The van der Waals surface area contributed by atoms with Crippen molar-refractivity contribution in [3.8, 4) is 5.69 Å². The number of hydrogen-bond acceptors (Lipinski definition) is 4. The van der Waals surface area contributed by atoms with Crippen LogP contribution in [0.1, 0.15) is 40.9 Å². The lowest BCUT2D eigenvalue weighted by molar-refractivity contribution is -0.146. The summed E-state index contributed by atoms with van der Waals surface area (Å²) in [4.78, 5) is 10.9. The van der Waals surface area contributed by atoms with Gasteiger partial charge in [0.05, 0.1) is 11.4 Å². The summed E-state index contributed by atoms with van der Waals surface area (Å²) in [5, 5.41) is 15.8. The number of thioether (sulfide) groups is 1. The highest BCUT2D eigenvalue weighted by atomic mass is 32.2. The van der Waals surface area contributed by atoms with E-state index >= 15 is 0 Å². The van der Waals surface area contributed by atoms with Crippen molar-refractivity contribution in [3.63, 3.8) is 0 Å². The largest absolute Gasteiger partial charge is 0.481 e. The molecule has 1 N–H and O–H groups in total. The van der Waals surface area contributed by atoms with Crippen LogP contribution in [0.25, 0.3) is 5.69 Å². The molecule has 26 heavy (non-hydrogen) atoms. The first-order valence-corrected chi connectivity index (χ1v) is 9.18. The van der Waals surface area contributed by atoms with Crippen LogP contribution in [0.3, 0.4) is 0 Å². The number of carboxylic acids is 1. The molecule has 9 heteroatoms. The van der Waals surface area contributed by atoms with E-state index in [1.165, 1.54) is 0 Å². The zero-order valence-corrected chi connectivity index (χ0v) is 15.2. The second-order valence-corrected chi connectivity index (χ2v) is 7.29. The average Bonchev–Trinajstić information content (AvgIpc) is 2.97. The molecule has 1 aliphatic carbocycles. The number of halogens is 3. The Morgan fingerprint density at radius 1 is 1.19 bits per heavy atom. The molecule has 0 saturated carbocycles. The van der Waals surface area contributed by atoms with Crippen LogP contribution in [0.5, 0.6) is 0 Å². The Hall–Kier alpha value is -2.03. The highest BCUT2D eigenvalue weighted by Gasteiger charge is 2.40. The number of aryl methyl sites for hydroxylation is 2. The average molecular weight is 385 g/mol. The number of hydrogen-bond donors (Lipinski definition) is 1. The van der Waals surface area contributed by atoms with Gasteiger partial charge in [-0.1, -0.05) is 17.8 Å². The van der Waals surface area contributed by atoms with Crippen molar-refractivity contribution in [3.05, 3.63) is 34.1 Å². The van der Waals surface area contributed by atoms with Crippen molar-refractivity contribution in [2.45, 2.75) is 50.9 Å². The molecule has 1 aliphatic rings. The third-order valence-electron chi connectivity index (χ3n) is 4.47. The number of carboxylic acid groups (broad SMARTS) is 1. The molecule has 0 atom stereocenters. The molecule has 0 radical (unpaired) electrons. The van der Waals surface area contributed by atoms with Gasteiger partial charge in [0.1, 0.15) is 0 Å². The third kappa shape index (κ3) is 3.44. The van der Waals surface area contributed by atoms with Crippen LogP contribution in [0.15, 0.2) is 11.2 Å². The predicted octanol–water partition coefficient (Wildman–Crippen LogP) is 3.96. The number of carbonyl (C=O) groups is 1. The molecular weight excluding hydrogens is 367 g/mol. The fourth-order valence-corrected chi connectivity index (χ4v) is 4.16. The zero-order valence-electron chi connectivity index (χ0n) is 14.4. The maximum absolute atomic E-state index is 13.5. The van der Waals surface area contributed by atoms with Crippen molar-refractivity contribution in [2.75, 3.05) is 5.75 Å². The van der Waals surface area contributed by atoms with Gasteiger partial charge in [0.25, 0.3) is 0 Å². The van der Waals surface area contributed by atoms with Crippen LogP contribution in [0.2, 0.25) is 0 Å². The molecular formula is C17H18F3N3O2S. The van der Waals surface area contributed by atoms with E-state index in [0.29, 0.717) is 17.7 Å². The van der Waals surface area contributed by atoms with Gasteiger partial charge in [0, 0.05) is 0 Å². The van der Waals surface area contributed by atoms with Gasteiger partial charge in [-0.3, -0.25) is 9.36 Å². The van der Waals surface area contributed by atoms with Crippen molar-refractivity contribution in [1.29, 1.82) is 0 Å². The van der Waals surface area contributed by atoms with E-state index in [1.807, 2.05) is 13.0 Å². The van der Waals surface area contributed by atoms with E-state index in [2.05, 4.69) is 10.2 Å². The standard InChI is InChI=1S/C17H18F3N3O2S/c1-9-7-10(2)14(12-6-4-3-5-11(9)12)23-15(17(18,19)20)21-22-16(23)26-8-13(24)25/h7H,3-6,8H2,1-2H3,(H,24,25). The second kappa shape index (κ2) is 6.94. The highest BCUT2D eigenvalue weighted by Crippen LogP contribution is 2.38. The molecule has 0 fully saturated rings. The summed E-state index contributed by atoms with van der Waals surface area (Å²) in [6, 6.07) is 1.88. The van der Waals surface area contributed by atoms with Gasteiger partial charge in [-0.15, -0.1) is 10.2 Å². The summed E-state index contributed by atoms with van der Waals surface area (Å²) in [6.07, 6.45) is -1.26. The van der Waals surface area contributed by atoms with Crippen LogP contribution < -0.4 is 0 Å². The minimum Gasteiger partial charge on any atom is -0.481 e. The summed E-state index contributed by atoms with van der Waals surface area (Å²) < 4.78 is 41.6. The molecule has 2 aromatic rings. The lowest BCUT2D eigenvalue weighted by Crippen LogP contribution is -2.19. The number of rotatable bonds is 4. The Morgan fingerprint density at radius 3 is 2.46 bits per heavy atom. The number of fused-ring (bicyclic) bond motifs is 1. The monoisotopic (exact) mass is 385 g/mol. The molecule has 0 amide bonds. The second-order valence-electron chi connectivity index (χ2n) is 6.34. The van der Waals surface area contributed by atoms with Crippen LogP contribution >= 0.6 is 11.8 Å². The van der Waals surface area contributed by atoms with E-state index in [-0.39, 0.29) is 10.9 Å². The Labute approximate surface area is 152 Å². The van der Waals surface area contributed by atoms with E-state index in [0.717, 1.165) is 52.3 Å². The number of alkyl halides is 3. The Bertz CT molecular complexity index is 862. The van der Waals surface area contributed by atoms with E-state index < -0.39 is 18.0 Å². The van der Waals surface area contributed by atoms with E-state index in [1.54, 1.807) is 6.92 Å². The quantitative estimate of drug-likeness (QED) is 0.807. The van der Waals surface area contributed by atoms with E-state index in [9.17, 15) is 18.0 Å². The van der Waals surface area contributed by atoms with Gasteiger partial charge in [-0.25, -0.2) is 0 Å². The third-order valence-corrected chi connectivity index (χ3v) is 5.39. The highest BCUT2D eigenvalue weighted by molar-refractivity contribution is 7.99. The van der Waals surface area contributed by atoms with Crippen molar-refractivity contribution in [2.24, 2.45) is 0 Å². The van der Waals surface area contributed by atoms with Crippen molar-refractivity contribution < 1.29 is 23.1 Å². The molecule has 5 nitrogen and oxygen atoms in total. The van der Waals surface area contributed by atoms with Gasteiger partial charge in [-0.2, -0.15) is 13.2 Å². The first-order valence-electron chi connectivity index (χ1n) is 8.19. The number of nitrogens with zero attached hydrogens (tertiary/aromatic N) is 3. The molecule has 0 saturated heterocycles. The van der Waals surface area contributed by atoms with Gasteiger partial charge in [-0.05, 0) is 61.8 Å². The van der Waals surface area contributed by atoms with Gasteiger partial charge >= 0.3 is 12.1 Å². The Kier molecular flexibility index (Phi) is 5.01. The molecule has 0 bridgehead atoms. The lowest BCUT2D eigenvalue weighted by Gasteiger charge is -2.25. The summed E-state index contributed by atoms with van der Waals surface area (Å²) in [5.41, 5.74) is 4.17. The summed E-state index contributed by atoms with van der Waals surface area (Å²) >= 11 is 0.740. The summed E-state index contributed by atoms with van der Waals surface area (Å²) in [7, 11) is 0. The SMILES string of the molecule is Cc1cc(C)c(-n2c(SCC(=O)O)nnc2C(F)(F)F)c2c1CCCC2. The molecule has 0 unspecified atom stereocenters. The number of aromatic nitrogens is 3. The summed E-state index contributed by atoms with van der Waals surface area (Å²) in [6.45, 7) is 3.74. The lowest BCUT2D eigenvalue weighted by atomic mass is 9.85. The molecule has 1 aromatic heterocycles. The predicted molar refractivity (Wildman–Crippen MR) is 90.8 cm³/mol. The molecule has 1 aromatic carbocycles. The van der Waals surface area contributed by atoms with Crippen molar-refractivity contribution >= 4 is 17.7 Å². The first kappa shape index (κ1) is 18.8. The van der Waals surface area contributed by atoms with Crippen LogP contribution in [-0.2, 0) is 23.8 Å². The van der Waals surface area contributed by atoms with Gasteiger partial charge < -0.3 is 5.11 Å². The number of aliphatic carboxylic acids is 1. The van der Waals surface area contributed by atoms with Gasteiger partial charge in [0.15, 0.2) is 5.16 Å². The maximum Gasteiger partial charge on any atom is 0.452 e. The minimum atomic E-state index is -4.69. The minimum absolute atomic E-state index is 0.0561. The van der Waals surface area contributed by atoms with Crippen LogP contribution in [-0.4, -0.2) is 31.6 Å². The molecule has 1 heterocycles. The normalized spacial score (nSPS) is 14.3. The van der Waals surface area contributed by atoms with E-state index in [4.69, 9.17) is 5.11 Å². The molecule has 0 spiro atoms. The smallest absolute Gasteiger partial charge is 0.452 e. The first-order chi connectivity index (χ1) is 12.2. The Morgan fingerprint density at radius 2 is 1.85 bits per heavy atom. The molecule has 140 valence electrons. The van der Waals surface area contributed by atoms with Gasteiger partial charge in [0.2, 0.25) is 5.82 Å². The molecule has 3 rings (SSSR count). The molecule has 0 aliphatic heterocycles. The van der Waals surface area contributed by atoms with Crippen LogP contribution in [0.4, 0.5) is 13.2 Å². The van der Waals surface area contributed by atoms with Crippen LogP contribution in [0, 0.1) is 13.8 Å². The van der Waals surface area contributed by atoms with Crippen molar-refractivity contribution in [1.82, 2.24) is 14.8 Å². The zero-order chi connectivity index (χ0) is 19.1. The number of benzene rings is 1. The fraction of sp³-hybridized carbons (Fsp3) is 0.471. The topological polar surface area (TPSA) is 68.0 Å². The Balaban J connectivity index is 2.25. The maximum atomic E-state index is 13.5. The summed E-state index contributed by atoms with van der Waals surface area (Å²) in [5.74, 6) is -2.63.